The van der Waals surface area contributed by atoms with Crippen molar-refractivity contribution in [3.05, 3.63) is 114 Å². The van der Waals surface area contributed by atoms with Crippen LogP contribution in [0, 0.1) is 0 Å². The van der Waals surface area contributed by atoms with E-state index in [0.29, 0.717) is 11.8 Å². The van der Waals surface area contributed by atoms with Gasteiger partial charge in [0.25, 0.3) is 6.71 Å². The summed E-state index contributed by atoms with van der Waals surface area (Å²) in [4.78, 5) is 9.21. The first-order chi connectivity index (χ1) is 28.5. The predicted molar refractivity (Wildman–Crippen MR) is 250 cm³/mol. The Balaban J connectivity index is 1.27. The van der Waals surface area contributed by atoms with E-state index in [2.05, 4.69) is 135 Å². The van der Waals surface area contributed by atoms with E-state index in [1.807, 2.05) is 6.20 Å². The second-order valence-electron chi connectivity index (χ2n) is 20.8. The van der Waals surface area contributed by atoms with Crippen molar-refractivity contribution in [3.63, 3.8) is 0 Å². The Morgan fingerprint density at radius 2 is 1.03 bits per heavy atom. The largest absolute Gasteiger partial charge is 0.310 e. The summed E-state index contributed by atoms with van der Waals surface area (Å²) in [7, 11) is 0. The van der Waals surface area contributed by atoms with E-state index >= 15 is 0 Å². The molecule has 8 aromatic rings. The maximum Gasteiger partial charge on any atom is 0.252 e. The first-order valence-electron chi connectivity index (χ1n) is 22.7. The first kappa shape index (κ1) is 35.8. The van der Waals surface area contributed by atoms with Crippen LogP contribution in [-0.4, -0.2) is 25.8 Å². The number of hydrogen-bond acceptors (Lipinski definition) is 2. The average molecular weight is 771 g/mol. The van der Waals surface area contributed by atoms with Crippen LogP contribution in [0.4, 0.5) is 0 Å². The maximum absolute atomic E-state index is 4.87. The molecule has 0 spiro atoms. The highest BCUT2D eigenvalue weighted by Crippen LogP contribution is 2.45. The minimum atomic E-state index is 0.0475. The van der Waals surface area contributed by atoms with E-state index < -0.39 is 0 Å². The van der Waals surface area contributed by atoms with Crippen LogP contribution in [0.25, 0.3) is 66.2 Å². The van der Waals surface area contributed by atoms with Crippen LogP contribution in [0.3, 0.4) is 0 Å². The number of nitrogens with zero attached hydrogens (tertiary/aromatic N) is 4. The molecule has 59 heavy (non-hydrogen) atoms. The number of fused-ring (bicyclic) bond motifs is 10. The number of aromatic nitrogens is 4. The number of hydrogen-bond donors (Lipinski definition) is 0. The first-order valence-corrected chi connectivity index (χ1v) is 22.7. The molecule has 0 radical (unpaired) electrons. The van der Waals surface area contributed by atoms with Gasteiger partial charge < -0.3 is 9.13 Å². The van der Waals surface area contributed by atoms with E-state index in [1.54, 1.807) is 17.5 Å². The fourth-order valence-electron chi connectivity index (χ4n) is 12.0. The molecule has 0 atom stereocenters. The zero-order valence-electron chi connectivity index (χ0n) is 35.8. The quantitative estimate of drug-likeness (QED) is 0.168. The molecule has 12 rings (SSSR count). The highest BCUT2D eigenvalue weighted by atomic mass is 15.0. The fourth-order valence-corrected chi connectivity index (χ4v) is 12.0. The molecule has 4 aliphatic rings. The van der Waals surface area contributed by atoms with E-state index in [-0.39, 0.29) is 17.5 Å². The van der Waals surface area contributed by atoms with Gasteiger partial charge in [-0.2, -0.15) is 0 Å². The molecule has 0 saturated heterocycles. The maximum atomic E-state index is 4.87. The third-order valence-corrected chi connectivity index (χ3v) is 15.1. The predicted octanol–water partition coefficient (Wildman–Crippen LogP) is 12.2. The monoisotopic (exact) mass is 770 g/mol. The van der Waals surface area contributed by atoms with Crippen molar-refractivity contribution in [2.75, 3.05) is 0 Å². The summed E-state index contributed by atoms with van der Waals surface area (Å²) in [6, 6.07) is 32.3. The van der Waals surface area contributed by atoms with Crippen molar-refractivity contribution in [2.24, 2.45) is 0 Å². The zero-order valence-corrected chi connectivity index (χ0v) is 35.8. The second-order valence-corrected chi connectivity index (χ2v) is 20.8. The molecule has 0 unspecified atom stereocenters. The van der Waals surface area contributed by atoms with Gasteiger partial charge in [0.2, 0.25) is 0 Å². The van der Waals surface area contributed by atoms with Gasteiger partial charge >= 0.3 is 0 Å². The van der Waals surface area contributed by atoms with Crippen molar-refractivity contribution in [1.29, 1.82) is 0 Å². The lowest BCUT2D eigenvalue weighted by Gasteiger charge is -2.35. The smallest absolute Gasteiger partial charge is 0.252 e. The van der Waals surface area contributed by atoms with Crippen molar-refractivity contribution in [2.45, 2.75) is 128 Å². The highest BCUT2D eigenvalue weighted by molar-refractivity contribution is 7.00. The van der Waals surface area contributed by atoms with Gasteiger partial charge in [0.05, 0.1) is 16.7 Å². The summed E-state index contributed by atoms with van der Waals surface area (Å²) in [5.74, 6) is 1.21. The molecular weight excluding hydrogens is 715 g/mol. The molecular formula is C54H55BN4. The molecule has 2 saturated carbocycles. The van der Waals surface area contributed by atoms with Gasteiger partial charge in [-0.15, -0.1) is 0 Å². The average Bonchev–Trinajstić information content (AvgIpc) is 3.76. The Labute approximate surface area is 349 Å². The SMILES string of the molecule is CC(C)(C)c1ccc2c(c1)c1cc(C3CCCCC3)cc3c1n2-c1cc(-c2ccncn2)cc2c1B3c1cc(C3CCCCC3)cc3c4cc(C(C)(C)C)ccc4n-2c13. The van der Waals surface area contributed by atoms with Crippen LogP contribution in [0.5, 0.6) is 0 Å². The van der Waals surface area contributed by atoms with Crippen LogP contribution in [-0.2, 0) is 10.8 Å². The van der Waals surface area contributed by atoms with E-state index in [0.717, 1.165) is 11.3 Å². The van der Waals surface area contributed by atoms with Gasteiger partial charge in [-0.25, -0.2) is 9.97 Å². The molecule has 0 bridgehead atoms. The minimum Gasteiger partial charge on any atom is -0.310 e. The molecule has 3 aromatic heterocycles. The summed E-state index contributed by atoms with van der Waals surface area (Å²) in [5.41, 5.74) is 20.5. The van der Waals surface area contributed by atoms with Crippen LogP contribution in [0.1, 0.15) is 140 Å². The summed E-state index contributed by atoms with van der Waals surface area (Å²) in [6.45, 7) is 14.2. The summed E-state index contributed by atoms with van der Waals surface area (Å²) >= 11 is 0. The van der Waals surface area contributed by atoms with Crippen molar-refractivity contribution in [1.82, 2.24) is 19.1 Å². The Morgan fingerprint density at radius 1 is 0.542 bits per heavy atom. The van der Waals surface area contributed by atoms with E-state index in [4.69, 9.17) is 4.98 Å². The van der Waals surface area contributed by atoms with E-state index in [9.17, 15) is 0 Å². The number of rotatable bonds is 3. The van der Waals surface area contributed by atoms with Crippen LogP contribution >= 0.6 is 0 Å². The van der Waals surface area contributed by atoms with Crippen LogP contribution in [0.2, 0.25) is 0 Å². The van der Waals surface area contributed by atoms with Gasteiger partial charge in [-0.05, 0) is 142 Å². The fraction of sp³-hybridized carbons (Fsp3) is 0.370. The lowest BCUT2D eigenvalue weighted by Crippen LogP contribution is -2.59. The van der Waals surface area contributed by atoms with Gasteiger partial charge in [0.15, 0.2) is 0 Å². The van der Waals surface area contributed by atoms with Gasteiger partial charge in [0.1, 0.15) is 6.33 Å². The lowest BCUT2D eigenvalue weighted by molar-refractivity contribution is 0.444. The minimum absolute atomic E-state index is 0.0475. The van der Waals surface area contributed by atoms with Gasteiger partial charge in [-0.1, -0.05) is 104 Å². The normalized spacial score (nSPS) is 17.2. The zero-order chi connectivity index (χ0) is 39.9. The molecule has 5 heterocycles. The lowest BCUT2D eigenvalue weighted by atomic mass is 9.34. The molecule has 0 amide bonds. The molecule has 0 N–H and O–H groups in total. The second kappa shape index (κ2) is 12.7. The summed E-state index contributed by atoms with van der Waals surface area (Å²) in [6.07, 6.45) is 16.8. The van der Waals surface area contributed by atoms with Crippen LogP contribution < -0.4 is 16.4 Å². The molecule has 2 aliphatic carbocycles. The molecule has 2 fully saturated rings. The number of benzene rings is 5. The standard InChI is InChI=1S/C54H55BN4/c1-53(2,3)37-17-19-46-39(29-37)41-23-34(32-13-9-7-10-14-32)25-43-51(41)58(46)48-27-36(45-21-22-56-31-57-45)28-49-50(48)55(43)44-26-35(33-15-11-8-12-16-33)24-42-40-30-38(54(4,5)6)18-20-47(40)59(49)52(42)44/h17-33H,7-16H2,1-6H3. The Kier molecular flexibility index (Phi) is 7.68. The van der Waals surface area contributed by atoms with Gasteiger partial charge in [0, 0.05) is 55.7 Å². The Hall–Kier alpha value is -5.16. The van der Waals surface area contributed by atoms with E-state index in [1.165, 1.54) is 147 Å². The van der Waals surface area contributed by atoms with Crippen molar-refractivity contribution < 1.29 is 0 Å². The summed E-state index contributed by atoms with van der Waals surface area (Å²) < 4.78 is 5.32. The van der Waals surface area contributed by atoms with Crippen molar-refractivity contribution >= 4 is 66.7 Å². The topological polar surface area (TPSA) is 35.6 Å². The Bertz CT molecular complexity index is 2850. The molecule has 5 heteroatoms. The van der Waals surface area contributed by atoms with Gasteiger partial charge in [-0.3, -0.25) is 0 Å². The molecule has 4 nitrogen and oxygen atoms in total. The third-order valence-electron chi connectivity index (χ3n) is 15.1. The third kappa shape index (κ3) is 5.28. The molecule has 294 valence electrons. The highest BCUT2D eigenvalue weighted by Gasteiger charge is 2.42. The van der Waals surface area contributed by atoms with Crippen molar-refractivity contribution in [3.8, 4) is 22.6 Å². The Morgan fingerprint density at radius 3 is 1.47 bits per heavy atom. The summed E-state index contributed by atoms with van der Waals surface area (Å²) in [5, 5.41) is 5.60. The van der Waals surface area contributed by atoms with Crippen LogP contribution in [0.15, 0.2) is 91.4 Å². The molecule has 5 aromatic carbocycles. The molecule has 2 aliphatic heterocycles.